The molecule has 1 atom stereocenters. The fourth-order valence-corrected chi connectivity index (χ4v) is 3.26. The van der Waals surface area contributed by atoms with Crippen molar-refractivity contribution in [1.29, 1.82) is 0 Å². The lowest BCUT2D eigenvalue weighted by atomic mass is 9.77. The van der Waals surface area contributed by atoms with Gasteiger partial charge in [-0.15, -0.1) is 0 Å². The number of fused-ring (bicyclic) bond motifs is 1. The highest BCUT2D eigenvalue weighted by Gasteiger charge is 2.48. The summed E-state index contributed by atoms with van der Waals surface area (Å²) in [6, 6.07) is 14.7. The van der Waals surface area contributed by atoms with Crippen molar-refractivity contribution in [2.75, 3.05) is 6.79 Å². The third-order valence-corrected chi connectivity index (χ3v) is 4.51. The minimum Gasteiger partial charge on any atom is -0.481 e. The molecule has 2 aromatic heterocycles. The third kappa shape index (κ3) is 2.88. The average molecular weight is 364 g/mol. The van der Waals surface area contributed by atoms with Crippen LogP contribution in [0.25, 0.3) is 0 Å². The lowest BCUT2D eigenvalue weighted by Gasteiger charge is -2.33. The quantitative estimate of drug-likeness (QED) is 0.716. The number of carboxylic acid groups (broad SMARTS) is 1. The lowest BCUT2D eigenvalue weighted by Crippen LogP contribution is -2.40. The van der Waals surface area contributed by atoms with Crippen molar-refractivity contribution in [1.82, 2.24) is 9.97 Å². The first-order valence-corrected chi connectivity index (χ1v) is 8.28. The molecule has 0 fully saturated rings. The lowest BCUT2D eigenvalue weighted by molar-refractivity contribution is -0.145. The number of rotatable bonds is 5. The summed E-state index contributed by atoms with van der Waals surface area (Å²) in [4.78, 5) is 20.7. The molecular formula is C20H16N2O5. The maximum absolute atomic E-state index is 12.3. The largest absolute Gasteiger partial charge is 0.481 e. The SMILES string of the molecule is O=C(O)C(c1ccc2c(c1)OCO2)C(O)(c1ccccn1)c1ccccn1. The first-order chi connectivity index (χ1) is 13.1. The molecule has 27 heavy (non-hydrogen) atoms. The zero-order chi connectivity index (χ0) is 18.9. The Hall–Kier alpha value is -3.45. The van der Waals surface area contributed by atoms with Crippen molar-refractivity contribution in [2.24, 2.45) is 0 Å². The van der Waals surface area contributed by atoms with Gasteiger partial charge in [0, 0.05) is 12.4 Å². The minimum atomic E-state index is -1.98. The van der Waals surface area contributed by atoms with E-state index in [0.29, 0.717) is 17.1 Å². The Kier molecular flexibility index (Phi) is 4.21. The summed E-state index contributed by atoms with van der Waals surface area (Å²) in [5.41, 5.74) is -1.25. The van der Waals surface area contributed by atoms with Crippen LogP contribution in [0.1, 0.15) is 22.9 Å². The van der Waals surface area contributed by atoms with Crippen molar-refractivity contribution in [3.8, 4) is 11.5 Å². The fourth-order valence-electron chi connectivity index (χ4n) is 3.26. The summed E-state index contributed by atoms with van der Waals surface area (Å²) in [6.45, 7) is 0.0707. The molecule has 3 heterocycles. The zero-order valence-corrected chi connectivity index (χ0v) is 14.1. The molecule has 136 valence electrons. The van der Waals surface area contributed by atoms with Gasteiger partial charge in [-0.1, -0.05) is 18.2 Å². The first-order valence-electron chi connectivity index (χ1n) is 8.28. The molecule has 0 radical (unpaired) electrons. The standard InChI is InChI=1S/C20H16N2O5/c23-19(24)18(13-7-8-14-15(11-13)27-12-26-14)20(25,16-5-1-3-9-21-16)17-6-2-4-10-22-17/h1-11,18,25H,12H2,(H,23,24). The number of aliphatic hydroxyl groups is 1. The molecule has 0 saturated heterocycles. The molecule has 0 saturated carbocycles. The van der Waals surface area contributed by atoms with Crippen molar-refractivity contribution < 1.29 is 24.5 Å². The second-order valence-electron chi connectivity index (χ2n) is 6.08. The molecule has 1 aliphatic rings. The van der Waals surface area contributed by atoms with E-state index in [9.17, 15) is 15.0 Å². The summed E-state index contributed by atoms with van der Waals surface area (Å²) in [5, 5.41) is 21.8. The van der Waals surface area contributed by atoms with Gasteiger partial charge in [0.25, 0.3) is 0 Å². The van der Waals surface area contributed by atoms with Crippen LogP contribution in [0.2, 0.25) is 0 Å². The van der Waals surface area contributed by atoms with Crippen molar-refractivity contribution in [3.05, 3.63) is 83.9 Å². The van der Waals surface area contributed by atoms with Crippen LogP contribution in [0, 0.1) is 0 Å². The molecule has 1 unspecified atom stereocenters. The van der Waals surface area contributed by atoms with Crippen LogP contribution in [-0.2, 0) is 10.4 Å². The highest BCUT2D eigenvalue weighted by molar-refractivity contribution is 5.79. The number of pyridine rings is 2. The number of nitrogens with zero attached hydrogens (tertiary/aromatic N) is 2. The number of carboxylic acids is 1. The third-order valence-electron chi connectivity index (χ3n) is 4.51. The second kappa shape index (κ2) is 6.69. The topological polar surface area (TPSA) is 102 Å². The van der Waals surface area contributed by atoms with Gasteiger partial charge in [-0.05, 0) is 42.0 Å². The van der Waals surface area contributed by atoms with Crippen LogP contribution >= 0.6 is 0 Å². The fraction of sp³-hybridized carbons (Fsp3) is 0.150. The van der Waals surface area contributed by atoms with Gasteiger partial charge < -0.3 is 19.7 Å². The van der Waals surface area contributed by atoms with Gasteiger partial charge >= 0.3 is 5.97 Å². The summed E-state index contributed by atoms with van der Waals surface area (Å²) in [5.74, 6) is -1.62. The maximum atomic E-state index is 12.3. The molecule has 7 heteroatoms. The van der Waals surface area contributed by atoms with Crippen LogP contribution in [-0.4, -0.2) is 32.9 Å². The number of aliphatic carboxylic acids is 1. The molecule has 1 aromatic carbocycles. The Morgan fingerprint density at radius 3 is 2.15 bits per heavy atom. The monoisotopic (exact) mass is 364 g/mol. The molecule has 2 N–H and O–H groups in total. The van der Waals surface area contributed by atoms with E-state index in [1.54, 1.807) is 54.6 Å². The van der Waals surface area contributed by atoms with E-state index in [4.69, 9.17) is 9.47 Å². The van der Waals surface area contributed by atoms with E-state index >= 15 is 0 Å². The van der Waals surface area contributed by atoms with Gasteiger partial charge in [0.15, 0.2) is 17.1 Å². The Bertz CT molecular complexity index is 923. The van der Waals surface area contributed by atoms with E-state index in [2.05, 4.69) is 9.97 Å². The van der Waals surface area contributed by atoms with Crippen LogP contribution in [0.3, 0.4) is 0 Å². The van der Waals surface area contributed by atoms with E-state index in [1.165, 1.54) is 12.4 Å². The molecular weight excluding hydrogens is 348 g/mol. The molecule has 7 nitrogen and oxygen atoms in total. The van der Waals surface area contributed by atoms with Crippen LogP contribution in [0.4, 0.5) is 0 Å². The summed E-state index contributed by atoms with van der Waals surface area (Å²) in [7, 11) is 0. The molecule has 3 aromatic rings. The predicted molar refractivity (Wildman–Crippen MR) is 94.4 cm³/mol. The second-order valence-corrected chi connectivity index (χ2v) is 6.08. The Morgan fingerprint density at radius 1 is 0.963 bits per heavy atom. The van der Waals surface area contributed by atoms with Gasteiger partial charge in [-0.3, -0.25) is 14.8 Å². The summed E-state index contributed by atoms with van der Waals surface area (Å²) < 4.78 is 10.7. The highest BCUT2D eigenvalue weighted by Crippen LogP contribution is 2.44. The van der Waals surface area contributed by atoms with Gasteiger partial charge in [0.2, 0.25) is 6.79 Å². The van der Waals surface area contributed by atoms with Gasteiger partial charge in [-0.25, -0.2) is 0 Å². The van der Waals surface area contributed by atoms with Gasteiger partial charge in [0.1, 0.15) is 5.92 Å². The van der Waals surface area contributed by atoms with Crippen molar-refractivity contribution in [3.63, 3.8) is 0 Å². The normalized spacial score (nSPS) is 14.0. The summed E-state index contributed by atoms with van der Waals surface area (Å²) >= 11 is 0. The van der Waals surface area contributed by atoms with E-state index in [1.807, 2.05) is 0 Å². The number of benzene rings is 1. The van der Waals surface area contributed by atoms with Gasteiger partial charge in [0.05, 0.1) is 11.4 Å². The van der Waals surface area contributed by atoms with Crippen LogP contribution in [0.15, 0.2) is 67.0 Å². The minimum absolute atomic E-state index is 0.0707. The van der Waals surface area contributed by atoms with Crippen LogP contribution < -0.4 is 9.47 Å². The maximum Gasteiger partial charge on any atom is 0.314 e. The smallest absolute Gasteiger partial charge is 0.314 e. The molecule has 4 rings (SSSR count). The molecule has 0 aliphatic carbocycles. The van der Waals surface area contributed by atoms with Crippen molar-refractivity contribution in [2.45, 2.75) is 11.5 Å². The number of carbonyl (C=O) groups is 1. The molecule has 0 amide bonds. The first kappa shape index (κ1) is 17.0. The Balaban J connectivity index is 1.92. The molecule has 1 aliphatic heterocycles. The molecule has 0 spiro atoms. The van der Waals surface area contributed by atoms with E-state index < -0.39 is 17.5 Å². The zero-order valence-electron chi connectivity index (χ0n) is 14.1. The number of hydrogen-bond donors (Lipinski definition) is 2. The highest BCUT2D eigenvalue weighted by atomic mass is 16.7. The number of hydrogen-bond acceptors (Lipinski definition) is 6. The van der Waals surface area contributed by atoms with E-state index in [0.717, 1.165) is 0 Å². The Labute approximate surface area is 154 Å². The molecule has 0 bridgehead atoms. The number of ether oxygens (including phenoxy) is 2. The van der Waals surface area contributed by atoms with Gasteiger partial charge in [-0.2, -0.15) is 0 Å². The Morgan fingerprint density at radius 2 is 1.59 bits per heavy atom. The average Bonchev–Trinajstić information content (AvgIpc) is 3.17. The number of aromatic nitrogens is 2. The van der Waals surface area contributed by atoms with Crippen molar-refractivity contribution >= 4 is 5.97 Å². The summed E-state index contributed by atoms with van der Waals surface area (Å²) in [6.07, 6.45) is 3.00. The van der Waals surface area contributed by atoms with Crippen LogP contribution in [0.5, 0.6) is 11.5 Å². The van der Waals surface area contributed by atoms with E-state index in [-0.39, 0.29) is 18.2 Å². The predicted octanol–water partition coefficient (Wildman–Crippen LogP) is 2.31.